The topological polar surface area (TPSA) is 71.0 Å². The van der Waals surface area contributed by atoms with Gasteiger partial charge in [0.15, 0.2) is 0 Å². The summed E-state index contributed by atoms with van der Waals surface area (Å²) in [5.41, 5.74) is 0. The fraction of sp³-hybridized carbons (Fsp3) is 1.00. The van der Waals surface area contributed by atoms with E-state index in [0.717, 1.165) is 59.2 Å². The third-order valence-corrected chi connectivity index (χ3v) is 17.1. The minimum atomic E-state index is -0.211. The van der Waals surface area contributed by atoms with Gasteiger partial charge in [0.25, 0.3) is 0 Å². The molecule has 232 valence electrons. The molecular weight excluding hydrogens is 520 g/mol. The molecule has 20 unspecified atom stereocenters. The van der Waals surface area contributed by atoms with Crippen molar-refractivity contribution >= 4 is 0 Å². The first kappa shape index (κ1) is 25.9. The summed E-state index contributed by atoms with van der Waals surface area (Å²) in [5.74, 6) is 9.30. The first-order chi connectivity index (χ1) is 20.7. The number of nitrogens with one attached hydrogen (secondary N) is 2. The molecule has 0 aromatic heterocycles. The van der Waals surface area contributed by atoms with Crippen LogP contribution >= 0.6 is 0 Å². The van der Waals surface area contributed by atoms with Crippen LogP contribution in [0.4, 0.5) is 0 Å². The number of rotatable bonds is 0. The predicted molar refractivity (Wildman–Crippen MR) is 160 cm³/mol. The number of aliphatic hydroxyl groups is 2. The third-order valence-electron chi connectivity index (χ3n) is 17.1. The molecule has 4 aliphatic heterocycles. The highest BCUT2D eigenvalue weighted by Gasteiger charge is 2.69. The van der Waals surface area contributed by atoms with Crippen molar-refractivity contribution < 1.29 is 10.2 Å². The van der Waals surface area contributed by atoms with Gasteiger partial charge in [0.05, 0.1) is 12.3 Å². The number of piperidine rings is 2. The number of hydrogen-bond donors (Lipinski definition) is 4. The summed E-state index contributed by atoms with van der Waals surface area (Å²) in [5, 5.41) is 32.6. The van der Waals surface area contributed by atoms with Gasteiger partial charge in [-0.1, -0.05) is 25.7 Å². The summed E-state index contributed by atoms with van der Waals surface area (Å²) < 4.78 is 0. The molecule has 11 aliphatic rings. The molecule has 0 aromatic rings. The molecule has 0 bridgehead atoms. The minimum absolute atomic E-state index is 0.211. The summed E-state index contributed by atoms with van der Waals surface area (Å²) in [6.45, 7) is 0. The normalized spacial score (nSPS) is 64.4. The maximum atomic E-state index is 12.1. The highest BCUT2D eigenvalue weighted by atomic mass is 16.3. The van der Waals surface area contributed by atoms with Crippen LogP contribution in [0.1, 0.15) is 103 Å². The maximum Gasteiger partial charge on any atom is 0.112 e. The molecule has 6 heteroatoms. The van der Waals surface area contributed by atoms with Crippen LogP contribution in [0.2, 0.25) is 0 Å². The van der Waals surface area contributed by atoms with Gasteiger partial charge in [-0.25, -0.2) is 0 Å². The van der Waals surface area contributed by atoms with E-state index in [2.05, 4.69) is 20.4 Å². The van der Waals surface area contributed by atoms with E-state index in [1.54, 1.807) is 0 Å². The summed E-state index contributed by atoms with van der Waals surface area (Å²) in [4.78, 5) is 5.31. The van der Waals surface area contributed by atoms with E-state index in [1.807, 2.05) is 0 Å². The van der Waals surface area contributed by atoms with Crippen molar-refractivity contribution in [3.05, 3.63) is 0 Å². The SMILES string of the molecule is OC1C2CCC3C4CCC5C6C(CCC(C7CCC(C2C37)C2NC3CCCCC3N12)C46)C(O)N1C2CCCCC2NC51. The molecule has 7 saturated carbocycles. The van der Waals surface area contributed by atoms with Crippen molar-refractivity contribution in [3.8, 4) is 0 Å². The van der Waals surface area contributed by atoms with Gasteiger partial charge in [0.1, 0.15) is 12.5 Å². The van der Waals surface area contributed by atoms with Crippen molar-refractivity contribution in [3.63, 3.8) is 0 Å². The molecule has 42 heavy (non-hydrogen) atoms. The Morgan fingerprint density at radius 1 is 0.381 bits per heavy atom. The van der Waals surface area contributed by atoms with Gasteiger partial charge in [-0.2, -0.15) is 0 Å². The quantitative estimate of drug-likeness (QED) is 0.345. The summed E-state index contributed by atoms with van der Waals surface area (Å²) in [6, 6.07) is 2.42. The first-order valence-corrected chi connectivity index (χ1v) is 19.1. The molecule has 0 aromatic carbocycles. The van der Waals surface area contributed by atoms with Crippen LogP contribution in [0.25, 0.3) is 0 Å². The summed E-state index contributed by atoms with van der Waals surface area (Å²) in [6.07, 6.45) is 22.1. The average molecular weight is 577 g/mol. The Morgan fingerprint density at radius 2 is 0.714 bits per heavy atom. The van der Waals surface area contributed by atoms with Crippen LogP contribution in [-0.2, 0) is 0 Å². The van der Waals surface area contributed by atoms with Gasteiger partial charge in [0.2, 0.25) is 0 Å². The maximum absolute atomic E-state index is 12.1. The number of nitrogens with zero attached hydrogens (tertiary/aromatic N) is 2. The van der Waals surface area contributed by atoms with Crippen molar-refractivity contribution in [2.24, 2.45) is 71.0 Å². The Morgan fingerprint density at radius 3 is 1.14 bits per heavy atom. The Bertz CT molecular complexity index is 1010. The van der Waals surface area contributed by atoms with E-state index in [4.69, 9.17) is 0 Å². The zero-order valence-electron chi connectivity index (χ0n) is 25.6. The van der Waals surface area contributed by atoms with Gasteiger partial charge in [0, 0.05) is 36.0 Å². The molecule has 0 spiro atoms. The van der Waals surface area contributed by atoms with Crippen LogP contribution < -0.4 is 10.6 Å². The van der Waals surface area contributed by atoms with Crippen molar-refractivity contribution in [1.82, 2.24) is 20.4 Å². The van der Waals surface area contributed by atoms with Crippen molar-refractivity contribution in [2.75, 3.05) is 0 Å². The van der Waals surface area contributed by atoms with Gasteiger partial charge < -0.3 is 10.2 Å². The molecule has 11 rings (SSSR count). The van der Waals surface area contributed by atoms with Crippen LogP contribution in [0.3, 0.4) is 0 Å². The molecule has 4 N–H and O–H groups in total. The average Bonchev–Trinajstić information content (AvgIpc) is 3.61. The van der Waals surface area contributed by atoms with E-state index in [1.165, 1.54) is 103 Å². The second-order valence-corrected chi connectivity index (χ2v) is 17.8. The zero-order chi connectivity index (χ0) is 27.4. The van der Waals surface area contributed by atoms with Crippen LogP contribution in [-0.4, -0.2) is 69.0 Å². The van der Waals surface area contributed by atoms with E-state index < -0.39 is 0 Å². The Labute approximate surface area is 253 Å². The molecular formula is C36H56N4O2. The molecule has 4 saturated heterocycles. The van der Waals surface area contributed by atoms with Gasteiger partial charge in [-0.05, 0) is 136 Å². The van der Waals surface area contributed by atoms with E-state index in [0.29, 0.717) is 48.3 Å². The molecule has 0 amide bonds. The number of hydrogen-bond acceptors (Lipinski definition) is 6. The molecule has 11 fully saturated rings. The first-order valence-electron chi connectivity index (χ1n) is 19.1. The lowest BCUT2D eigenvalue weighted by molar-refractivity contribution is -0.261. The fourth-order valence-electron chi connectivity index (χ4n) is 16.3. The van der Waals surface area contributed by atoms with Crippen molar-refractivity contribution in [1.29, 1.82) is 0 Å². The molecule has 6 nitrogen and oxygen atoms in total. The van der Waals surface area contributed by atoms with Crippen LogP contribution in [0.5, 0.6) is 0 Å². The zero-order valence-corrected chi connectivity index (χ0v) is 25.6. The Hall–Kier alpha value is -0.240. The van der Waals surface area contributed by atoms with Gasteiger partial charge in [-0.3, -0.25) is 20.4 Å². The van der Waals surface area contributed by atoms with Crippen LogP contribution in [0.15, 0.2) is 0 Å². The van der Waals surface area contributed by atoms with E-state index >= 15 is 0 Å². The highest BCUT2D eigenvalue weighted by Crippen LogP contribution is 2.70. The van der Waals surface area contributed by atoms with Gasteiger partial charge in [-0.15, -0.1) is 0 Å². The molecule has 20 atom stereocenters. The second-order valence-electron chi connectivity index (χ2n) is 17.8. The Balaban J connectivity index is 0.934. The third kappa shape index (κ3) is 3.15. The highest BCUT2D eigenvalue weighted by molar-refractivity contribution is 5.18. The molecule has 4 heterocycles. The summed E-state index contributed by atoms with van der Waals surface area (Å²) >= 11 is 0. The number of fused-ring (bicyclic) bond motifs is 10. The van der Waals surface area contributed by atoms with E-state index in [9.17, 15) is 10.2 Å². The molecule has 0 radical (unpaired) electrons. The fourth-order valence-corrected chi connectivity index (χ4v) is 16.3. The largest absolute Gasteiger partial charge is 0.378 e. The monoisotopic (exact) mass is 576 g/mol. The van der Waals surface area contributed by atoms with E-state index in [-0.39, 0.29) is 12.5 Å². The standard InChI is InChI=1S/C36H56N4O2/c41-35-23-15-11-19-18-10-14-22-32-24(36(42)40-28-8-4-2-6-26(28)38-34(22)40)16-12-20(30(18)32)17-9-13-21(31(23)29(17)19)33-37-25-5-1-3-7-27(25)39(33)35/h17-38,41-42H,1-16H2. The van der Waals surface area contributed by atoms with Crippen LogP contribution in [0, 0.1) is 71.0 Å². The lowest BCUT2D eigenvalue weighted by Crippen LogP contribution is -2.71. The minimum Gasteiger partial charge on any atom is -0.378 e. The van der Waals surface area contributed by atoms with Gasteiger partial charge >= 0.3 is 0 Å². The summed E-state index contributed by atoms with van der Waals surface area (Å²) in [7, 11) is 0. The lowest BCUT2D eigenvalue weighted by Gasteiger charge is -2.70. The smallest absolute Gasteiger partial charge is 0.112 e. The van der Waals surface area contributed by atoms with Crippen molar-refractivity contribution in [2.45, 2.75) is 152 Å². The molecule has 7 aliphatic carbocycles. The Kier molecular flexibility index (Phi) is 5.66. The lowest BCUT2D eigenvalue weighted by atomic mass is 9.37. The second kappa shape index (κ2) is 9.18. The number of aliphatic hydroxyl groups excluding tert-OH is 2. The predicted octanol–water partition coefficient (Wildman–Crippen LogP) is 4.32.